The van der Waals surface area contributed by atoms with Gasteiger partial charge < -0.3 is 11.1 Å². The first kappa shape index (κ1) is 15.9. The van der Waals surface area contributed by atoms with Crippen molar-refractivity contribution in [3.05, 3.63) is 0 Å². The van der Waals surface area contributed by atoms with Crippen molar-refractivity contribution < 1.29 is 9.59 Å². The first-order chi connectivity index (χ1) is 8.99. The molecule has 1 rings (SSSR count). The van der Waals surface area contributed by atoms with E-state index < -0.39 is 6.03 Å². The Morgan fingerprint density at radius 3 is 2.68 bits per heavy atom. The number of nitrogens with two attached hydrogens (primary N) is 1. The molecule has 1 aliphatic heterocycles. The van der Waals surface area contributed by atoms with E-state index in [0.29, 0.717) is 12.5 Å². The Balaban J connectivity index is 2.50. The number of carbonyl (C=O) groups is 2. The molecule has 1 heterocycles. The van der Waals surface area contributed by atoms with Crippen LogP contribution in [0.15, 0.2) is 0 Å². The van der Waals surface area contributed by atoms with Crippen LogP contribution in [0.5, 0.6) is 0 Å². The number of piperidine rings is 1. The van der Waals surface area contributed by atoms with E-state index in [0.717, 1.165) is 25.9 Å². The molecule has 1 saturated heterocycles. The van der Waals surface area contributed by atoms with Crippen LogP contribution in [0, 0.1) is 5.92 Å². The topological polar surface area (TPSA) is 87.5 Å². The summed E-state index contributed by atoms with van der Waals surface area (Å²) in [7, 11) is 0. The molecule has 1 aliphatic rings. The molecule has 0 bridgehead atoms. The molecule has 0 aliphatic carbocycles. The van der Waals surface area contributed by atoms with Crippen molar-refractivity contribution in [2.45, 2.75) is 45.7 Å². The van der Waals surface area contributed by atoms with E-state index in [1.54, 1.807) is 0 Å². The molecule has 6 heteroatoms. The number of urea groups is 1. The van der Waals surface area contributed by atoms with E-state index in [1.165, 1.54) is 0 Å². The van der Waals surface area contributed by atoms with Gasteiger partial charge in [-0.2, -0.15) is 0 Å². The van der Waals surface area contributed by atoms with Crippen molar-refractivity contribution in [3.63, 3.8) is 0 Å². The molecule has 0 aromatic rings. The lowest BCUT2D eigenvalue weighted by atomic mass is 9.90. The number of likely N-dealkylation sites (tertiary alicyclic amines) is 1. The van der Waals surface area contributed by atoms with Gasteiger partial charge >= 0.3 is 6.03 Å². The number of amides is 3. The van der Waals surface area contributed by atoms with Crippen LogP contribution in [0.3, 0.4) is 0 Å². The summed E-state index contributed by atoms with van der Waals surface area (Å²) < 4.78 is 0. The van der Waals surface area contributed by atoms with Gasteiger partial charge in [0.2, 0.25) is 5.91 Å². The van der Waals surface area contributed by atoms with Crippen LogP contribution in [-0.2, 0) is 4.79 Å². The maximum Gasteiger partial charge on any atom is 0.321 e. The summed E-state index contributed by atoms with van der Waals surface area (Å²) in [6, 6.07) is -0.510. The molecule has 3 amide bonds. The number of nitrogens with one attached hydrogen (secondary N) is 2. The van der Waals surface area contributed by atoms with Crippen LogP contribution < -0.4 is 16.4 Å². The largest absolute Gasteiger partial charge is 0.338 e. The predicted molar refractivity (Wildman–Crippen MR) is 74.6 cm³/mol. The average Bonchev–Trinajstić information content (AvgIpc) is 2.38. The Morgan fingerprint density at radius 1 is 1.42 bits per heavy atom. The van der Waals surface area contributed by atoms with Crippen LogP contribution >= 0.6 is 0 Å². The molecule has 3 atom stereocenters. The van der Waals surface area contributed by atoms with Crippen molar-refractivity contribution in [3.8, 4) is 0 Å². The van der Waals surface area contributed by atoms with E-state index in [1.807, 2.05) is 13.8 Å². The first-order valence-electron chi connectivity index (χ1n) is 7.07. The molecule has 0 spiro atoms. The predicted octanol–water partition coefficient (Wildman–Crippen LogP) is 0.280. The number of nitrogens with zero attached hydrogens (tertiary/aromatic N) is 1. The highest BCUT2D eigenvalue weighted by Gasteiger charge is 2.31. The van der Waals surface area contributed by atoms with Crippen molar-refractivity contribution >= 4 is 11.9 Å². The van der Waals surface area contributed by atoms with E-state index in [-0.39, 0.29) is 18.0 Å². The van der Waals surface area contributed by atoms with Crippen LogP contribution in [0.25, 0.3) is 0 Å². The fraction of sp³-hybridized carbons (Fsp3) is 0.846. The van der Waals surface area contributed by atoms with Crippen LogP contribution in [0.1, 0.15) is 33.6 Å². The number of hydrogen-bond acceptors (Lipinski definition) is 4. The molecule has 6 nitrogen and oxygen atoms in total. The Bertz CT molecular complexity index is 322. The normalized spacial score (nSPS) is 25.7. The highest BCUT2D eigenvalue weighted by atomic mass is 16.2. The minimum absolute atomic E-state index is 0.222. The van der Waals surface area contributed by atoms with Gasteiger partial charge in [0.15, 0.2) is 0 Å². The zero-order valence-corrected chi connectivity index (χ0v) is 12.1. The third kappa shape index (κ3) is 4.47. The van der Waals surface area contributed by atoms with E-state index in [2.05, 4.69) is 22.5 Å². The fourth-order valence-corrected chi connectivity index (χ4v) is 2.45. The minimum atomic E-state index is -0.430. The highest BCUT2D eigenvalue weighted by molar-refractivity contribution is 5.96. The average molecular weight is 270 g/mol. The molecule has 19 heavy (non-hydrogen) atoms. The van der Waals surface area contributed by atoms with E-state index in [4.69, 9.17) is 5.73 Å². The lowest BCUT2D eigenvalue weighted by Crippen LogP contribution is -2.55. The quantitative estimate of drug-likeness (QED) is 0.685. The lowest BCUT2D eigenvalue weighted by molar-refractivity contribution is -0.125. The van der Waals surface area contributed by atoms with Gasteiger partial charge in [0.25, 0.3) is 0 Å². The van der Waals surface area contributed by atoms with Gasteiger partial charge in [-0.05, 0) is 26.2 Å². The lowest BCUT2D eigenvalue weighted by Gasteiger charge is -2.39. The summed E-state index contributed by atoms with van der Waals surface area (Å²) >= 11 is 0. The summed E-state index contributed by atoms with van der Waals surface area (Å²) in [4.78, 5) is 25.4. The van der Waals surface area contributed by atoms with Gasteiger partial charge in [-0.25, -0.2) is 4.79 Å². The van der Waals surface area contributed by atoms with E-state index in [9.17, 15) is 9.59 Å². The summed E-state index contributed by atoms with van der Waals surface area (Å²) in [5.74, 6) is 0.171. The summed E-state index contributed by atoms with van der Waals surface area (Å²) in [6.07, 6.45) is 1.92. The maximum atomic E-state index is 12.0. The van der Waals surface area contributed by atoms with Crippen LogP contribution in [0.4, 0.5) is 4.79 Å². The van der Waals surface area contributed by atoms with Crippen LogP contribution in [0.2, 0.25) is 0 Å². The van der Waals surface area contributed by atoms with Crippen molar-refractivity contribution in [1.29, 1.82) is 0 Å². The number of imide groups is 1. The van der Waals surface area contributed by atoms with Crippen molar-refractivity contribution in [1.82, 2.24) is 15.5 Å². The van der Waals surface area contributed by atoms with Gasteiger partial charge in [0.05, 0.1) is 6.04 Å². The second-order valence-corrected chi connectivity index (χ2v) is 5.14. The van der Waals surface area contributed by atoms with Crippen molar-refractivity contribution in [2.75, 3.05) is 19.6 Å². The molecule has 0 aromatic carbocycles. The van der Waals surface area contributed by atoms with Crippen LogP contribution in [-0.4, -0.2) is 48.6 Å². The maximum absolute atomic E-state index is 12.0. The third-order valence-electron chi connectivity index (χ3n) is 3.85. The summed E-state index contributed by atoms with van der Waals surface area (Å²) in [5, 5.41) is 4.91. The summed E-state index contributed by atoms with van der Waals surface area (Å²) in [6.45, 7) is 7.89. The minimum Gasteiger partial charge on any atom is -0.338 e. The van der Waals surface area contributed by atoms with E-state index >= 15 is 0 Å². The van der Waals surface area contributed by atoms with Crippen molar-refractivity contribution in [2.24, 2.45) is 11.7 Å². The standard InChI is InChI=1S/C13H26N4O2/c1-4-10-8-17(7-6-11(10)14)9(3)12(18)16-13(19)15-5-2/h9-11H,4-8,14H2,1-3H3,(H2,15,16,18,19). The Morgan fingerprint density at radius 2 is 2.11 bits per heavy atom. The molecule has 4 N–H and O–H groups in total. The smallest absolute Gasteiger partial charge is 0.321 e. The third-order valence-corrected chi connectivity index (χ3v) is 3.85. The van der Waals surface area contributed by atoms with Gasteiger partial charge in [-0.15, -0.1) is 0 Å². The molecule has 110 valence electrons. The Labute approximate surface area is 115 Å². The molecule has 1 fully saturated rings. The summed E-state index contributed by atoms with van der Waals surface area (Å²) in [5.41, 5.74) is 6.06. The second kappa shape index (κ2) is 7.45. The van der Waals surface area contributed by atoms with Gasteiger partial charge in [0, 0.05) is 25.7 Å². The monoisotopic (exact) mass is 270 g/mol. The van der Waals surface area contributed by atoms with Gasteiger partial charge in [-0.3, -0.25) is 15.0 Å². The SMILES string of the molecule is CCNC(=O)NC(=O)C(C)N1CCC(N)C(CC)C1. The number of rotatable bonds is 4. The second-order valence-electron chi connectivity index (χ2n) is 5.14. The van der Waals surface area contributed by atoms with Gasteiger partial charge in [0.1, 0.15) is 0 Å². The number of carbonyl (C=O) groups excluding carboxylic acids is 2. The Hall–Kier alpha value is -1.14. The number of hydrogen-bond donors (Lipinski definition) is 3. The fourth-order valence-electron chi connectivity index (χ4n) is 2.45. The van der Waals surface area contributed by atoms with Gasteiger partial charge in [-0.1, -0.05) is 13.3 Å². The zero-order valence-electron chi connectivity index (χ0n) is 12.1. The molecular formula is C13H26N4O2. The highest BCUT2D eigenvalue weighted by Crippen LogP contribution is 2.20. The molecule has 3 unspecified atom stereocenters. The molecule has 0 radical (unpaired) electrons. The zero-order chi connectivity index (χ0) is 14.4. The first-order valence-corrected chi connectivity index (χ1v) is 7.07. The molecule has 0 saturated carbocycles. The Kier molecular flexibility index (Phi) is 6.24. The molecule has 0 aromatic heterocycles. The molecular weight excluding hydrogens is 244 g/mol.